The van der Waals surface area contributed by atoms with Crippen LogP contribution in [0.5, 0.6) is 0 Å². The monoisotopic (exact) mass is 220 g/mol. The Balaban J connectivity index is 4.14. The number of esters is 1. The Morgan fingerprint density at radius 1 is 1.36 bits per heavy atom. The van der Waals surface area contributed by atoms with Gasteiger partial charge in [0.05, 0.1) is 12.4 Å². The van der Waals surface area contributed by atoms with E-state index in [-0.39, 0.29) is 12.4 Å². The Morgan fingerprint density at radius 2 is 2.00 bits per heavy atom. The second kappa shape index (κ2) is 6.59. The first-order valence-electron chi connectivity index (χ1n) is 4.59. The predicted molar refractivity (Wildman–Crippen MR) is 54.5 cm³/mol. The first-order chi connectivity index (χ1) is 6.52. The minimum absolute atomic E-state index is 0.0827. The van der Waals surface area contributed by atoms with Crippen LogP contribution in [-0.4, -0.2) is 26.7 Å². The van der Waals surface area contributed by atoms with Crippen molar-refractivity contribution in [3.63, 3.8) is 0 Å². The zero-order valence-electron chi connectivity index (χ0n) is 8.52. The van der Waals surface area contributed by atoms with Crippen LogP contribution in [0, 0.1) is 0 Å². The molecule has 0 aliphatic rings. The van der Waals surface area contributed by atoms with Gasteiger partial charge in [-0.3, -0.25) is 0 Å². The normalized spacial score (nSPS) is 11.9. The van der Waals surface area contributed by atoms with Crippen LogP contribution in [0.3, 0.4) is 0 Å². The molecule has 4 nitrogen and oxygen atoms in total. The summed E-state index contributed by atoms with van der Waals surface area (Å²) in [5.41, 5.74) is 0. The topological polar surface area (TPSA) is 60.4 Å². The van der Waals surface area contributed by atoms with Gasteiger partial charge in [-0.25, -0.2) is 13.2 Å². The van der Waals surface area contributed by atoms with Crippen LogP contribution in [0.25, 0.3) is 0 Å². The molecule has 0 aliphatic heterocycles. The van der Waals surface area contributed by atoms with E-state index < -0.39 is 15.8 Å². The van der Waals surface area contributed by atoms with Crippen LogP contribution in [0.4, 0.5) is 0 Å². The van der Waals surface area contributed by atoms with Crippen molar-refractivity contribution in [2.75, 3.05) is 12.4 Å². The number of sulfone groups is 1. The summed E-state index contributed by atoms with van der Waals surface area (Å²) in [6.07, 6.45) is 2.37. The van der Waals surface area contributed by atoms with Gasteiger partial charge in [0.2, 0.25) is 0 Å². The minimum Gasteiger partial charge on any atom is -0.463 e. The van der Waals surface area contributed by atoms with Gasteiger partial charge >= 0.3 is 5.97 Å². The fraction of sp³-hybridized carbons (Fsp3) is 0.667. The Morgan fingerprint density at radius 3 is 2.50 bits per heavy atom. The third-order valence-electron chi connectivity index (χ3n) is 1.48. The zero-order valence-corrected chi connectivity index (χ0v) is 9.34. The molecule has 82 valence electrons. The summed E-state index contributed by atoms with van der Waals surface area (Å²) in [7, 11) is -3.24. The second-order valence-corrected chi connectivity index (χ2v) is 4.78. The highest BCUT2D eigenvalue weighted by Crippen LogP contribution is 1.98. The maximum atomic E-state index is 11.2. The van der Waals surface area contributed by atoms with E-state index in [2.05, 4.69) is 4.74 Å². The highest BCUT2D eigenvalue weighted by atomic mass is 32.2. The molecule has 0 saturated carbocycles. The van der Waals surface area contributed by atoms with Crippen molar-refractivity contribution < 1.29 is 17.9 Å². The number of hydrogen-bond acceptors (Lipinski definition) is 4. The lowest BCUT2D eigenvalue weighted by atomic mass is 10.4. The van der Waals surface area contributed by atoms with E-state index in [0.29, 0.717) is 6.42 Å². The van der Waals surface area contributed by atoms with Gasteiger partial charge in [-0.05, 0) is 13.3 Å². The van der Waals surface area contributed by atoms with Gasteiger partial charge in [-0.1, -0.05) is 13.3 Å². The number of hydrogen-bond donors (Lipinski definition) is 0. The molecule has 0 amide bonds. The lowest BCUT2D eigenvalue weighted by molar-refractivity contribution is -0.137. The molecule has 0 bridgehead atoms. The Hall–Kier alpha value is -0.840. The molecule has 0 radical (unpaired) electrons. The van der Waals surface area contributed by atoms with Crippen molar-refractivity contribution in [2.45, 2.75) is 26.7 Å². The standard InChI is InChI=1S/C9H16O4S/c1-3-5-7-14(11,12)8-6-9(10)13-4-2/h6,8H,3-5,7H2,1-2H3/b8-6+. The van der Waals surface area contributed by atoms with Crippen LogP contribution in [0.2, 0.25) is 0 Å². The first kappa shape index (κ1) is 13.2. The molecule has 0 rings (SSSR count). The number of ether oxygens (including phenoxy) is 1. The van der Waals surface area contributed by atoms with Crippen molar-refractivity contribution in [1.29, 1.82) is 0 Å². The van der Waals surface area contributed by atoms with E-state index in [0.717, 1.165) is 17.9 Å². The van der Waals surface area contributed by atoms with Crippen molar-refractivity contribution >= 4 is 15.8 Å². The quantitative estimate of drug-likeness (QED) is 0.499. The molecule has 5 heteroatoms. The SMILES string of the molecule is CCCCS(=O)(=O)/C=C/C(=O)OCC. The molecule has 0 aromatic carbocycles. The molecule has 0 heterocycles. The van der Waals surface area contributed by atoms with Gasteiger partial charge in [0.1, 0.15) is 0 Å². The molecule has 0 N–H and O–H groups in total. The highest BCUT2D eigenvalue weighted by Gasteiger charge is 2.05. The lowest BCUT2D eigenvalue weighted by Gasteiger charge is -1.97. The average molecular weight is 220 g/mol. The zero-order chi connectivity index (χ0) is 11.0. The molecule has 0 saturated heterocycles. The van der Waals surface area contributed by atoms with Crippen LogP contribution in [-0.2, 0) is 19.4 Å². The van der Waals surface area contributed by atoms with Crippen molar-refractivity contribution in [3.05, 3.63) is 11.5 Å². The number of carbonyl (C=O) groups is 1. The van der Waals surface area contributed by atoms with E-state index in [1.165, 1.54) is 0 Å². The number of carbonyl (C=O) groups excluding carboxylic acids is 1. The van der Waals surface area contributed by atoms with Crippen molar-refractivity contribution in [2.24, 2.45) is 0 Å². The fourth-order valence-electron chi connectivity index (χ4n) is 0.763. The van der Waals surface area contributed by atoms with Crippen LogP contribution in [0.15, 0.2) is 11.5 Å². The Kier molecular flexibility index (Phi) is 6.19. The summed E-state index contributed by atoms with van der Waals surface area (Å²) in [4.78, 5) is 10.8. The summed E-state index contributed by atoms with van der Waals surface area (Å²) in [5.74, 6) is -0.535. The number of unbranched alkanes of at least 4 members (excludes halogenated alkanes) is 1. The summed E-state index contributed by atoms with van der Waals surface area (Å²) < 4.78 is 27.0. The average Bonchev–Trinajstić information content (AvgIpc) is 2.13. The minimum atomic E-state index is -3.24. The highest BCUT2D eigenvalue weighted by molar-refractivity contribution is 7.94. The molecule has 0 fully saturated rings. The molecule has 0 spiro atoms. The van der Waals surface area contributed by atoms with Crippen LogP contribution >= 0.6 is 0 Å². The number of rotatable bonds is 6. The maximum Gasteiger partial charge on any atom is 0.331 e. The third kappa shape index (κ3) is 6.65. The van der Waals surface area contributed by atoms with Gasteiger partial charge in [0, 0.05) is 11.5 Å². The summed E-state index contributed by atoms with van der Waals surface area (Å²) in [6, 6.07) is 0. The Labute approximate surface area is 84.9 Å². The van der Waals surface area contributed by atoms with Gasteiger partial charge in [0.15, 0.2) is 9.84 Å². The molecule has 0 aliphatic carbocycles. The fourth-order valence-corrected chi connectivity index (χ4v) is 1.91. The summed E-state index contributed by atoms with van der Waals surface area (Å²) >= 11 is 0. The third-order valence-corrected chi connectivity index (χ3v) is 2.89. The molecular weight excluding hydrogens is 204 g/mol. The molecule has 0 unspecified atom stereocenters. The first-order valence-corrected chi connectivity index (χ1v) is 6.31. The van der Waals surface area contributed by atoms with Crippen molar-refractivity contribution in [3.8, 4) is 0 Å². The van der Waals surface area contributed by atoms with Gasteiger partial charge in [0.25, 0.3) is 0 Å². The van der Waals surface area contributed by atoms with E-state index in [1.54, 1.807) is 6.92 Å². The smallest absolute Gasteiger partial charge is 0.331 e. The van der Waals surface area contributed by atoms with Gasteiger partial charge in [-0.2, -0.15) is 0 Å². The predicted octanol–water partition coefficient (Wildman–Crippen LogP) is 1.28. The molecular formula is C9H16O4S. The van der Waals surface area contributed by atoms with E-state index >= 15 is 0 Å². The summed E-state index contributed by atoms with van der Waals surface area (Å²) in [6.45, 7) is 3.82. The molecule has 0 aromatic rings. The maximum absolute atomic E-state index is 11.2. The molecule has 14 heavy (non-hydrogen) atoms. The summed E-state index contributed by atoms with van der Waals surface area (Å²) in [5, 5.41) is 0.917. The van der Waals surface area contributed by atoms with E-state index in [4.69, 9.17) is 0 Å². The van der Waals surface area contributed by atoms with Gasteiger partial charge in [-0.15, -0.1) is 0 Å². The van der Waals surface area contributed by atoms with Crippen molar-refractivity contribution in [1.82, 2.24) is 0 Å². The van der Waals surface area contributed by atoms with Crippen LogP contribution in [0.1, 0.15) is 26.7 Å². The van der Waals surface area contributed by atoms with Gasteiger partial charge < -0.3 is 4.74 Å². The largest absolute Gasteiger partial charge is 0.463 e. The second-order valence-electron chi connectivity index (χ2n) is 2.78. The van der Waals surface area contributed by atoms with E-state index in [1.807, 2.05) is 6.92 Å². The molecule has 0 atom stereocenters. The van der Waals surface area contributed by atoms with E-state index in [9.17, 15) is 13.2 Å². The Bertz CT molecular complexity index is 290. The van der Waals surface area contributed by atoms with Crippen LogP contribution < -0.4 is 0 Å². The molecule has 0 aromatic heterocycles. The lowest BCUT2D eigenvalue weighted by Crippen LogP contribution is -2.04.